The topological polar surface area (TPSA) is 53.4 Å². The molecule has 2 heterocycles. The fraction of sp³-hybridized carbons (Fsp3) is 0.571. The lowest BCUT2D eigenvalue weighted by molar-refractivity contribution is -0.137. The highest BCUT2D eigenvalue weighted by molar-refractivity contribution is 5.76. The summed E-state index contributed by atoms with van der Waals surface area (Å²) in [4.78, 5) is 18.0. The number of aromatic nitrogens is 1. The monoisotopic (exact) mass is 248 g/mol. The van der Waals surface area contributed by atoms with Crippen LogP contribution in [0.25, 0.3) is 0 Å². The first-order chi connectivity index (χ1) is 8.57. The predicted octanol–water partition coefficient (Wildman–Crippen LogP) is 1.39. The summed E-state index contributed by atoms with van der Waals surface area (Å²) in [6.07, 6.45) is 4.52. The first kappa shape index (κ1) is 13.0. The smallest absolute Gasteiger partial charge is 0.223 e. The molecule has 1 aromatic rings. The number of β-amino-alcohol motifs (C(OH)–C–C–N with tert-alkyl or cyclic N) is 1. The van der Waals surface area contributed by atoms with Gasteiger partial charge in [0, 0.05) is 31.4 Å². The Kier molecular flexibility index (Phi) is 3.97. The molecule has 0 radical (unpaired) electrons. The molecule has 0 spiro atoms. The van der Waals surface area contributed by atoms with Crippen molar-refractivity contribution in [3.05, 3.63) is 30.1 Å². The van der Waals surface area contributed by atoms with E-state index in [2.05, 4.69) is 4.98 Å². The normalized spacial score (nSPS) is 24.0. The maximum atomic E-state index is 12.0. The summed E-state index contributed by atoms with van der Waals surface area (Å²) in [5.41, 5.74) is 0.216. The van der Waals surface area contributed by atoms with Crippen LogP contribution in [0.2, 0.25) is 0 Å². The summed E-state index contributed by atoms with van der Waals surface area (Å²) in [6.45, 7) is 3.01. The van der Waals surface area contributed by atoms with Gasteiger partial charge in [0.2, 0.25) is 5.91 Å². The Morgan fingerprint density at radius 3 is 3.06 bits per heavy atom. The Morgan fingerprint density at radius 1 is 1.56 bits per heavy atom. The number of nitrogens with zero attached hydrogens (tertiary/aromatic N) is 2. The Morgan fingerprint density at radius 2 is 2.39 bits per heavy atom. The van der Waals surface area contributed by atoms with Crippen molar-refractivity contribution in [1.29, 1.82) is 0 Å². The molecule has 0 saturated carbocycles. The van der Waals surface area contributed by atoms with Crippen molar-refractivity contribution in [1.82, 2.24) is 9.88 Å². The van der Waals surface area contributed by atoms with Crippen molar-refractivity contribution < 1.29 is 9.90 Å². The van der Waals surface area contributed by atoms with Gasteiger partial charge in [0.25, 0.3) is 0 Å². The third-order valence-electron chi connectivity index (χ3n) is 3.35. The quantitative estimate of drug-likeness (QED) is 0.879. The molecule has 18 heavy (non-hydrogen) atoms. The summed E-state index contributed by atoms with van der Waals surface area (Å²) in [7, 11) is 0. The molecule has 4 nitrogen and oxygen atoms in total. The van der Waals surface area contributed by atoms with Crippen LogP contribution in [0, 0.1) is 0 Å². The first-order valence-corrected chi connectivity index (χ1v) is 6.47. The van der Waals surface area contributed by atoms with Crippen LogP contribution in [0.15, 0.2) is 24.4 Å². The average Bonchev–Trinajstić information content (AvgIpc) is 2.36. The minimum absolute atomic E-state index is 0.112. The molecule has 1 aliphatic rings. The molecular formula is C14H20N2O2. The number of carbonyl (C=O) groups excluding carboxylic acids is 1. The number of amides is 1. The summed E-state index contributed by atoms with van der Waals surface area (Å²) < 4.78 is 0. The number of hydrogen-bond acceptors (Lipinski definition) is 3. The lowest BCUT2D eigenvalue weighted by atomic mass is 9.95. The minimum Gasteiger partial charge on any atom is -0.388 e. The van der Waals surface area contributed by atoms with Gasteiger partial charge in [-0.05, 0) is 38.3 Å². The van der Waals surface area contributed by atoms with Gasteiger partial charge < -0.3 is 10.0 Å². The zero-order valence-corrected chi connectivity index (χ0v) is 10.8. The van der Waals surface area contributed by atoms with Crippen LogP contribution in [-0.4, -0.2) is 39.6 Å². The third-order valence-corrected chi connectivity index (χ3v) is 3.35. The van der Waals surface area contributed by atoms with Crippen LogP contribution in [0.5, 0.6) is 0 Å². The van der Waals surface area contributed by atoms with Gasteiger partial charge in [-0.3, -0.25) is 9.78 Å². The van der Waals surface area contributed by atoms with E-state index in [1.807, 2.05) is 18.2 Å². The van der Waals surface area contributed by atoms with Crippen LogP contribution in [-0.2, 0) is 11.2 Å². The van der Waals surface area contributed by atoms with Gasteiger partial charge in [0.1, 0.15) is 0 Å². The maximum Gasteiger partial charge on any atom is 0.223 e. The van der Waals surface area contributed by atoms with Gasteiger partial charge in [0.05, 0.1) is 5.60 Å². The SMILES string of the molecule is CC1(O)CCCN(C(=O)CCc2ccccn2)C1. The van der Waals surface area contributed by atoms with E-state index in [9.17, 15) is 9.90 Å². The minimum atomic E-state index is -0.723. The van der Waals surface area contributed by atoms with Gasteiger partial charge in [-0.15, -0.1) is 0 Å². The number of piperidine rings is 1. The van der Waals surface area contributed by atoms with Gasteiger partial charge >= 0.3 is 0 Å². The van der Waals surface area contributed by atoms with Gasteiger partial charge in [-0.25, -0.2) is 0 Å². The highest BCUT2D eigenvalue weighted by Crippen LogP contribution is 2.20. The fourth-order valence-corrected chi connectivity index (χ4v) is 2.37. The second kappa shape index (κ2) is 5.48. The van der Waals surface area contributed by atoms with E-state index in [4.69, 9.17) is 0 Å². The lowest BCUT2D eigenvalue weighted by Gasteiger charge is -2.36. The number of carbonyl (C=O) groups is 1. The van der Waals surface area contributed by atoms with Crippen molar-refractivity contribution in [2.75, 3.05) is 13.1 Å². The van der Waals surface area contributed by atoms with E-state index in [1.54, 1.807) is 18.0 Å². The molecule has 1 aromatic heterocycles. The van der Waals surface area contributed by atoms with Crippen LogP contribution < -0.4 is 0 Å². The molecule has 0 aliphatic carbocycles. The summed E-state index contributed by atoms with van der Waals surface area (Å²) in [5, 5.41) is 9.97. The molecule has 1 fully saturated rings. The summed E-state index contributed by atoms with van der Waals surface area (Å²) in [5.74, 6) is 0.112. The Hall–Kier alpha value is -1.42. The second-order valence-corrected chi connectivity index (χ2v) is 5.24. The Labute approximate surface area is 108 Å². The first-order valence-electron chi connectivity index (χ1n) is 6.47. The molecule has 98 valence electrons. The van der Waals surface area contributed by atoms with E-state index in [0.717, 1.165) is 25.1 Å². The van der Waals surface area contributed by atoms with Gasteiger partial charge in [-0.2, -0.15) is 0 Å². The molecule has 0 aromatic carbocycles. The molecular weight excluding hydrogens is 228 g/mol. The molecule has 0 bridgehead atoms. The third kappa shape index (κ3) is 3.53. The Balaban J connectivity index is 1.85. The molecule has 1 saturated heterocycles. The van der Waals surface area contributed by atoms with Gasteiger partial charge in [0.15, 0.2) is 0 Å². The molecule has 1 aliphatic heterocycles. The van der Waals surface area contributed by atoms with E-state index in [-0.39, 0.29) is 5.91 Å². The largest absolute Gasteiger partial charge is 0.388 e. The van der Waals surface area contributed by atoms with Crippen molar-refractivity contribution in [2.24, 2.45) is 0 Å². The lowest BCUT2D eigenvalue weighted by Crippen LogP contribution is -2.48. The summed E-state index contributed by atoms with van der Waals surface area (Å²) in [6, 6.07) is 5.73. The standard InChI is InChI=1S/C14H20N2O2/c1-14(18)8-4-10-16(11-14)13(17)7-6-12-5-2-3-9-15-12/h2-3,5,9,18H,4,6-8,10-11H2,1H3. The van der Waals surface area contributed by atoms with E-state index < -0.39 is 5.60 Å². The number of likely N-dealkylation sites (tertiary alicyclic amines) is 1. The van der Waals surface area contributed by atoms with Crippen molar-refractivity contribution in [3.63, 3.8) is 0 Å². The number of pyridine rings is 1. The maximum absolute atomic E-state index is 12.0. The number of hydrogen-bond donors (Lipinski definition) is 1. The molecule has 1 amide bonds. The van der Waals surface area contributed by atoms with E-state index in [1.165, 1.54) is 0 Å². The zero-order chi connectivity index (χ0) is 13.0. The van der Waals surface area contributed by atoms with E-state index in [0.29, 0.717) is 19.4 Å². The molecule has 1 unspecified atom stereocenters. The Bertz CT molecular complexity index is 404. The second-order valence-electron chi connectivity index (χ2n) is 5.24. The zero-order valence-electron chi connectivity index (χ0n) is 10.8. The van der Waals surface area contributed by atoms with Crippen molar-refractivity contribution in [2.45, 2.75) is 38.2 Å². The number of rotatable bonds is 3. The number of aryl methyl sites for hydroxylation is 1. The summed E-state index contributed by atoms with van der Waals surface area (Å²) >= 11 is 0. The molecule has 4 heteroatoms. The van der Waals surface area contributed by atoms with Crippen molar-refractivity contribution in [3.8, 4) is 0 Å². The van der Waals surface area contributed by atoms with Crippen LogP contribution in [0.3, 0.4) is 0 Å². The van der Waals surface area contributed by atoms with Gasteiger partial charge in [-0.1, -0.05) is 6.07 Å². The predicted molar refractivity (Wildman–Crippen MR) is 69.0 cm³/mol. The van der Waals surface area contributed by atoms with Crippen LogP contribution in [0.4, 0.5) is 0 Å². The molecule has 1 N–H and O–H groups in total. The average molecular weight is 248 g/mol. The van der Waals surface area contributed by atoms with Crippen molar-refractivity contribution >= 4 is 5.91 Å². The highest BCUT2D eigenvalue weighted by Gasteiger charge is 2.30. The molecule has 2 rings (SSSR count). The van der Waals surface area contributed by atoms with E-state index >= 15 is 0 Å². The van der Waals surface area contributed by atoms with Crippen LogP contribution >= 0.6 is 0 Å². The molecule has 1 atom stereocenters. The number of aliphatic hydroxyl groups is 1. The highest BCUT2D eigenvalue weighted by atomic mass is 16.3. The fourth-order valence-electron chi connectivity index (χ4n) is 2.37. The van der Waals surface area contributed by atoms with Crippen LogP contribution in [0.1, 0.15) is 31.9 Å².